The molecule has 25 heavy (non-hydrogen) atoms. The average Bonchev–Trinajstić information content (AvgIpc) is 2.56. The van der Waals surface area contributed by atoms with Crippen molar-refractivity contribution in [3.8, 4) is 5.75 Å². The second-order valence-electron chi connectivity index (χ2n) is 5.06. The van der Waals surface area contributed by atoms with Crippen LogP contribution in [0.25, 0.3) is 0 Å². The van der Waals surface area contributed by atoms with Crippen molar-refractivity contribution in [2.45, 2.75) is 18.4 Å². The molecule has 7 nitrogen and oxygen atoms in total. The van der Waals surface area contributed by atoms with Gasteiger partial charge >= 0.3 is 12.7 Å². The van der Waals surface area contributed by atoms with Crippen LogP contribution in [0.3, 0.4) is 0 Å². The molecule has 11 heteroatoms. The van der Waals surface area contributed by atoms with Crippen molar-refractivity contribution in [3.05, 3.63) is 23.2 Å². The standard InChI is InChI=1S/C14H17ClF2N2O5S/c1-2-23-14(20)18-5-7-19(8-6-18)25(21,22)10-3-4-12(11(15)9-10)24-13(16)17/h3-4,9,13H,2,5-8H2,1H3. The van der Waals surface area contributed by atoms with E-state index in [2.05, 4.69) is 4.74 Å². The third kappa shape index (κ3) is 4.71. The molecule has 140 valence electrons. The second kappa shape index (κ2) is 8.15. The van der Waals surface area contributed by atoms with Crippen molar-refractivity contribution in [1.29, 1.82) is 0 Å². The number of sulfonamides is 1. The molecule has 0 N–H and O–H groups in total. The highest BCUT2D eigenvalue weighted by Crippen LogP contribution is 2.30. The SMILES string of the molecule is CCOC(=O)N1CCN(S(=O)(=O)c2ccc(OC(F)F)c(Cl)c2)CC1. The van der Waals surface area contributed by atoms with E-state index in [0.29, 0.717) is 0 Å². The minimum atomic E-state index is -3.86. The summed E-state index contributed by atoms with van der Waals surface area (Å²) in [5.41, 5.74) is 0. The Morgan fingerprint density at radius 2 is 1.92 bits per heavy atom. The third-order valence-electron chi connectivity index (χ3n) is 3.52. The van der Waals surface area contributed by atoms with E-state index in [0.717, 1.165) is 18.2 Å². The molecule has 1 heterocycles. The Kier molecular flexibility index (Phi) is 6.42. The van der Waals surface area contributed by atoms with Crippen molar-refractivity contribution < 1.29 is 31.5 Å². The molecule has 0 saturated carbocycles. The molecule has 0 bridgehead atoms. The highest BCUT2D eigenvalue weighted by atomic mass is 35.5. The third-order valence-corrected chi connectivity index (χ3v) is 5.71. The molecule has 2 rings (SSSR count). The Bertz CT molecular complexity index is 724. The maximum Gasteiger partial charge on any atom is 0.409 e. The number of piperazine rings is 1. The lowest BCUT2D eigenvalue weighted by molar-refractivity contribution is -0.0498. The lowest BCUT2D eigenvalue weighted by Crippen LogP contribution is -2.50. The van der Waals surface area contributed by atoms with Crippen LogP contribution in [0.15, 0.2) is 23.1 Å². The van der Waals surface area contributed by atoms with Gasteiger partial charge in [0, 0.05) is 26.2 Å². The lowest BCUT2D eigenvalue weighted by atomic mass is 10.3. The largest absolute Gasteiger partial charge is 0.450 e. The van der Waals surface area contributed by atoms with Gasteiger partial charge in [-0.15, -0.1) is 0 Å². The first-order chi connectivity index (χ1) is 11.8. The summed E-state index contributed by atoms with van der Waals surface area (Å²) >= 11 is 5.81. The van der Waals surface area contributed by atoms with Gasteiger partial charge in [-0.05, 0) is 25.1 Å². The van der Waals surface area contributed by atoms with Gasteiger partial charge < -0.3 is 14.4 Å². The number of hydrogen-bond acceptors (Lipinski definition) is 5. The number of carbonyl (C=O) groups is 1. The quantitative estimate of drug-likeness (QED) is 0.761. The average molecular weight is 399 g/mol. The van der Waals surface area contributed by atoms with E-state index in [4.69, 9.17) is 16.3 Å². The molecule has 0 radical (unpaired) electrons. The van der Waals surface area contributed by atoms with E-state index in [1.807, 2.05) is 0 Å². The Labute approximate surface area is 149 Å². The normalized spacial score (nSPS) is 16.1. The Hall–Kier alpha value is -1.65. The summed E-state index contributed by atoms with van der Waals surface area (Å²) in [7, 11) is -3.86. The molecule has 0 atom stereocenters. The van der Waals surface area contributed by atoms with Gasteiger partial charge in [0.25, 0.3) is 0 Å². The van der Waals surface area contributed by atoms with Gasteiger partial charge in [0.2, 0.25) is 10.0 Å². The van der Waals surface area contributed by atoms with Crippen LogP contribution in [0, 0.1) is 0 Å². The van der Waals surface area contributed by atoms with Crippen molar-refractivity contribution >= 4 is 27.7 Å². The molecular formula is C14H17ClF2N2O5S. The number of amides is 1. The summed E-state index contributed by atoms with van der Waals surface area (Å²) in [6.45, 7) is -0.568. The van der Waals surface area contributed by atoms with Crippen LogP contribution in [0.4, 0.5) is 13.6 Å². The van der Waals surface area contributed by atoms with Gasteiger partial charge in [-0.2, -0.15) is 13.1 Å². The van der Waals surface area contributed by atoms with E-state index < -0.39 is 22.7 Å². The highest BCUT2D eigenvalue weighted by Gasteiger charge is 2.31. The second-order valence-corrected chi connectivity index (χ2v) is 7.41. The zero-order valence-electron chi connectivity index (χ0n) is 13.3. The Morgan fingerprint density at radius 1 is 1.28 bits per heavy atom. The van der Waals surface area contributed by atoms with Crippen molar-refractivity contribution in [1.82, 2.24) is 9.21 Å². The monoisotopic (exact) mass is 398 g/mol. The number of ether oxygens (including phenoxy) is 2. The van der Waals surface area contributed by atoms with E-state index in [9.17, 15) is 22.0 Å². The molecule has 0 spiro atoms. The summed E-state index contributed by atoms with van der Waals surface area (Å²) < 4.78 is 60.0. The van der Waals surface area contributed by atoms with Crippen LogP contribution in [0.1, 0.15) is 6.92 Å². The first-order valence-corrected chi connectivity index (χ1v) is 9.23. The minimum Gasteiger partial charge on any atom is -0.450 e. The number of alkyl halides is 2. The molecule has 0 aliphatic carbocycles. The number of halogens is 3. The topological polar surface area (TPSA) is 76.2 Å². The zero-order valence-corrected chi connectivity index (χ0v) is 14.9. The molecule has 0 aromatic heterocycles. The van der Waals surface area contributed by atoms with Crippen LogP contribution in [-0.2, 0) is 14.8 Å². The molecule has 1 fully saturated rings. The molecule has 0 unspecified atom stereocenters. The summed E-state index contributed by atoms with van der Waals surface area (Å²) in [6, 6.07) is 3.29. The maximum atomic E-state index is 12.6. The van der Waals surface area contributed by atoms with Gasteiger partial charge in [-0.25, -0.2) is 13.2 Å². The summed E-state index contributed by atoms with van der Waals surface area (Å²) in [5, 5.41) is -0.230. The number of carbonyl (C=O) groups excluding carboxylic acids is 1. The molecule has 1 aromatic carbocycles. The number of nitrogens with zero attached hydrogens (tertiary/aromatic N) is 2. The maximum absolute atomic E-state index is 12.6. The van der Waals surface area contributed by atoms with Crippen molar-refractivity contribution in [3.63, 3.8) is 0 Å². The predicted octanol–water partition coefficient (Wildman–Crippen LogP) is 2.40. The fraction of sp³-hybridized carbons (Fsp3) is 0.500. The van der Waals surface area contributed by atoms with Gasteiger partial charge in [-0.1, -0.05) is 11.6 Å². The van der Waals surface area contributed by atoms with Crippen molar-refractivity contribution in [2.75, 3.05) is 32.8 Å². The first kappa shape index (κ1) is 19.7. The fourth-order valence-corrected chi connectivity index (χ4v) is 4.05. The van der Waals surface area contributed by atoms with Gasteiger partial charge in [-0.3, -0.25) is 0 Å². The van der Waals surface area contributed by atoms with Crippen LogP contribution in [0.5, 0.6) is 5.75 Å². The number of rotatable bonds is 5. The summed E-state index contributed by atoms with van der Waals surface area (Å²) in [4.78, 5) is 12.9. The van der Waals surface area contributed by atoms with Crippen molar-refractivity contribution in [2.24, 2.45) is 0 Å². The van der Waals surface area contributed by atoms with Crippen LogP contribution in [-0.4, -0.2) is 63.1 Å². The first-order valence-electron chi connectivity index (χ1n) is 7.42. The van der Waals surface area contributed by atoms with Crippen LogP contribution in [0.2, 0.25) is 5.02 Å². The van der Waals surface area contributed by atoms with Gasteiger partial charge in [0.15, 0.2) is 0 Å². The Morgan fingerprint density at radius 3 is 2.44 bits per heavy atom. The van der Waals surface area contributed by atoms with E-state index in [1.165, 1.54) is 9.21 Å². The van der Waals surface area contributed by atoms with Crippen LogP contribution >= 0.6 is 11.6 Å². The molecule has 1 aliphatic heterocycles. The number of hydrogen-bond donors (Lipinski definition) is 0. The molecule has 1 saturated heterocycles. The molecule has 1 aromatic rings. The van der Waals surface area contributed by atoms with Gasteiger partial charge in [0.05, 0.1) is 16.5 Å². The molecule has 1 amide bonds. The van der Waals surface area contributed by atoms with Gasteiger partial charge in [0.1, 0.15) is 5.75 Å². The summed E-state index contributed by atoms with van der Waals surface area (Å²) in [5.74, 6) is -0.303. The smallest absolute Gasteiger partial charge is 0.409 e. The predicted molar refractivity (Wildman–Crippen MR) is 85.4 cm³/mol. The molecular weight excluding hydrogens is 382 g/mol. The Balaban J connectivity index is 2.09. The lowest BCUT2D eigenvalue weighted by Gasteiger charge is -2.33. The summed E-state index contributed by atoms with van der Waals surface area (Å²) in [6.07, 6.45) is -0.490. The van der Waals surface area contributed by atoms with E-state index in [-0.39, 0.29) is 48.5 Å². The van der Waals surface area contributed by atoms with E-state index in [1.54, 1.807) is 6.92 Å². The fourth-order valence-electron chi connectivity index (χ4n) is 2.31. The number of benzene rings is 1. The minimum absolute atomic E-state index is 0.0913. The zero-order chi connectivity index (χ0) is 18.6. The van der Waals surface area contributed by atoms with Crippen LogP contribution < -0.4 is 4.74 Å². The van der Waals surface area contributed by atoms with E-state index >= 15 is 0 Å². The highest BCUT2D eigenvalue weighted by molar-refractivity contribution is 7.89. The molecule has 1 aliphatic rings.